The van der Waals surface area contributed by atoms with Gasteiger partial charge >= 0.3 is 5.97 Å². The fourth-order valence-electron chi connectivity index (χ4n) is 2.97. The summed E-state index contributed by atoms with van der Waals surface area (Å²) in [6.45, 7) is 1.07. The number of amides is 1. The Morgan fingerprint density at radius 2 is 1.50 bits per heavy atom. The number of hydrogen-bond acceptors (Lipinski definition) is 4. The van der Waals surface area contributed by atoms with E-state index in [4.69, 9.17) is 9.47 Å². The molecule has 1 amide bonds. The highest BCUT2D eigenvalue weighted by Gasteiger charge is 2.28. The van der Waals surface area contributed by atoms with Crippen LogP contribution < -0.4 is 4.74 Å². The standard InChI is InChI=1S/C20H20FNO4/c1-25-20(24)15-10-12-22(13-11-15)19(23)14-2-6-17(7-3-14)26-18-8-4-16(21)5-9-18/h2-9,15H,10-13H2,1H3. The third-order valence-electron chi connectivity index (χ3n) is 4.47. The van der Waals surface area contributed by atoms with Gasteiger partial charge in [0.1, 0.15) is 17.3 Å². The molecule has 0 aromatic heterocycles. The maximum absolute atomic E-state index is 12.9. The smallest absolute Gasteiger partial charge is 0.308 e. The molecule has 5 nitrogen and oxygen atoms in total. The molecule has 3 rings (SSSR count). The van der Waals surface area contributed by atoms with Crippen molar-refractivity contribution in [3.8, 4) is 11.5 Å². The van der Waals surface area contributed by atoms with Crippen molar-refractivity contribution in [2.45, 2.75) is 12.8 Å². The van der Waals surface area contributed by atoms with Gasteiger partial charge in [0, 0.05) is 18.7 Å². The Balaban J connectivity index is 1.59. The molecule has 1 aliphatic rings. The molecule has 1 heterocycles. The first-order chi connectivity index (χ1) is 12.6. The molecular weight excluding hydrogens is 337 g/mol. The molecule has 0 radical (unpaired) electrons. The Labute approximate surface area is 151 Å². The summed E-state index contributed by atoms with van der Waals surface area (Å²) in [5.74, 6) is 0.360. The van der Waals surface area contributed by atoms with Crippen LogP contribution in [0.3, 0.4) is 0 Å². The van der Waals surface area contributed by atoms with Crippen molar-refractivity contribution < 1.29 is 23.5 Å². The number of piperidine rings is 1. The fraction of sp³-hybridized carbons (Fsp3) is 0.300. The quantitative estimate of drug-likeness (QED) is 0.784. The number of carbonyl (C=O) groups excluding carboxylic acids is 2. The molecule has 0 atom stereocenters. The summed E-state index contributed by atoms with van der Waals surface area (Å²) < 4.78 is 23.3. The van der Waals surface area contributed by atoms with E-state index >= 15 is 0 Å². The molecule has 136 valence electrons. The highest BCUT2D eigenvalue weighted by Crippen LogP contribution is 2.24. The van der Waals surface area contributed by atoms with Crippen LogP contribution in [0, 0.1) is 11.7 Å². The van der Waals surface area contributed by atoms with Crippen molar-refractivity contribution in [3.63, 3.8) is 0 Å². The van der Waals surface area contributed by atoms with Gasteiger partial charge in [0.2, 0.25) is 0 Å². The Morgan fingerprint density at radius 3 is 2.04 bits per heavy atom. The van der Waals surface area contributed by atoms with Gasteiger partial charge in [-0.3, -0.25) is 9.59 Å². The summed E-state index contributed by atoms with van der Waals surface area (Å²) in [5.41, 5.74) is 0.563. The predicted octanol–water partition coefficient (Wildman–Crippen LogP) is 3.64. The number of ether oxygens (including phenoxy) is 2. The second-order valence-electron chi connectivity index (χ2n) is 6.17. The van der Waals surface area contributed by atoms with Crippen LogP contribution in [0.25, 0.3) is 0 Å². The van der Waals surface area contributed by atoms with Crippen molar-refractivity contribution in [2.75, 3.05) is 20.2 Å². The zero-order valence-electron chi connectivity index (χ0n) is 14.5. The van der Waals surface area contributed by atoms with Gasteiger partial charge in [0.25, 0.3) is 5.91 Å². The van der Waals surface area contributed by atoms with E-state index in [-0.39, 0.29) is 23.6 Å². The average molecular weight is 357 g/mol. The maximum Gasteiger partial charge on any atom is 0.308 e. The lowest BCUT2D eigenvalue weighted by Crippen LogP contribution is -2.40. The summed E-state index contributed by atoms with van der Waals surface area (Å²) in [7, 11) is 1.38. The lowest BCUT2D eigenvalue weighted by molar-refractivity contribution is -0.146. The molecule has 0 saturated carbocycles. The predicted molar refractivity (Wildman–Crippen MR) is 93.6 cm³/mol. The third-order valence-corrected chi connectivity index (χ3v) is 4.47. The summed E-state index contributed by atoms with van der Waals surface area (Å²) in [5, 5.41) is 0. The molecule has 26 heavy (non-hydrogen) atoms. The van der Waals surface area contributed by atoms with Crippen molar-refractivity contribution in [3.05, 3.63) is 59.9 Å². The Bertz CT molecular complexity index is 765. The van der Waals surface area contributed by atoms with Gasteiger partial charge in [-0.15, -0.1) is 0 Å². The van der Waals surface area contributed by atoms with Crippen LogP contribution in [0.15, 0.2) is 48.5 Å². The van der Waals surface area contributed by atoms with Crippen LogP contribution in [0.5, 0.6) is 11.5 Å². The molecule has 2 aromatic rings. The largest absolute Gasteiger partial charge is 0.469 e. The molecule has 1 fully saturated rings. The SMILES string of the molecule is COC(=O)C1CCN(C(=O)c2ccc(Oc3ccc(F)cc3)cc2)CC1. The molecule has 0 aliphatic carbocycles. The lowest BCUT2D eigenvalue weighted by Gasteiger charge is -2.30. The number of benzene rings is 2. The molecule has 0 unspecified atom stereocenters. The molecule has 1 saturated heterocycles. The summed E-state index contributed by atoms with van der Waals surface area (Å²) >= 11 is 0. The van der Waals surface area contributed by atoms with Crippen LogP contribution in [-0.2, 0) is 9.53 Å². The van der Waals surface area contributed by atoms with Crippen LogP contribution in [-0.4, -0.2) is 37.0 Å². The van der Waals surface area contributed by atoms with E-state index in [2.05, 4.69) is 0 Å². The number of carbonyl (C=O) groups is 2. The summed E-state index contributed by atoms with van der Waals surface area (Å²) in [4.78, 5) is 25.9. The van der Waals surface area contributed by atoms with Crippen molar-refractivity contribution in [1.29, 1.82) is 0 Å². The van der Waals surface area contributed by atoms with Crippen LogP contribution in [0.2, 0.25) is 0 Å². The van der Waals surface area contributed by atoms with Gasteiger partial charge in [0.05, 0.1) is 13.0 Å². The van der Waals surface area contributed by atoms with Crippen LogP contribution in [0.4, 0.5) is 4.39 Å². The molecule has 1 aliphatic heterocycles. The van der Waals surface area contributed by atoms with Crippen LogP contribution >= 0.6 is 0 Å². The van der Waals surface area contributed by atoms with Crippen molar-refractivity contribution >= 4 is 11.9 Å². The Hall–Kier alpha value is -2.89. The van der Waals surface area contributed by atoms with E-state index in [9.17, 15) is 14.0 Å². The molecule has 0 bridgehead atoms. The van der Waals surface area contributed by atoms with Crippen LogP contribution in [0.1, 0.15) is 23.2 Å². The minimum Gasteiger partial charge on any atom is -0.469 e. The zero-order chi connectivity index (χ0) is 18.5. The van der Waals surface area contributed by atoms with Crippen molar-refractivity contribution in [2.24, 2.45) is 5.92 Å². The van der Waals surface area contributed by atoms with E-state index in [1.165, 1.54) is 19.2 Å². The van der Waals surface area contributed by atoms with Gasteiger partial charge in [0.15, 0.2) is 0 Å². The molecule has 2 aromatic carbocycles. The van der Waals surface area contributed by atoms with Gasteiger partial charge in [-0.1, -0.05) is 0 Å². The Morgan fingerprint density at radius 1 is 0.962 bits per heavy atom. The van der Waals surface area contributed by atoms with Gasteiger partial charge in [-0.05, 0) is 61.4 Å². The third kappa shape index (κ3) is 4.20. The minimum atomic E-state index is -0.325. The molecule has 0 N–H and O–H groups in total. The number of esters is 1. The minimum absolute atomic E-state index is 0.0679. The first kappa shape index (κ1) is 17.9. The normalized spacial score (nSPS) is 14.8. The van der Waals surface area contributed by atoms with E-state index in [1.807, 2.05) is 0 Å². The highest BCUT2D eigenvalue weighted by atomic mass is 19.1. The highest BCUT2D eigenvalue weighted by molar-refractivity contribution is 5.94. The van der Waals surface area contributed by atoms with Gasteiger partial charge in [-0.25, -0.2) is 4.39 Å². The topological polar surface area (TPSA) is 55.8 Å². The summed E-state index contributed by atoms with van der Waals surface area (Å²) in [6.07, 6.45) is 1.23. The fourth-order valence-corrected chi connectivity index (χ4v) is 2.97. The Kier molecular flexibility index (Phi) is 5.51. The first-order valence-electron chi connectivity index (χ1n) is 8.47. The monoisotopic (exact) mass is 357 g/mol. The molecular formula is C20H20FNO4. The van der Waals surface area contributed by atoms with E-state index in [0.29, 0.717) is 43.0 Å². The number of nitrogens with zero attached hydrogens (tertiary/aromatic N) is 1. The van der Waals surface area contributed by atoms with Gasteiger partial charge < -0.3 is 14.4 Å². The second-order valence-corrected chi connectivity index (χ2v) is 6.17. The van der Waals surface area contributed by atoms with E-state index in [0.717, 1.165) is 0 Å². The maximum atomic E-state index is 12.9. The summed E-state index contributed by atoms with van der Waals surface area (Å²) in [6, 6.07) is 12.5. The first-order valence-corrected chi connectivity index (χ1v) is 8.47. The number of methoxy groups -OCH3 is 1. The number of hydrogen-bond donors (Lipinski definition) is 0. The molecule has 6 heteroatoms. The average Bonchev–Trinajstić information content (AvgIpc) is 2.69. The zero-order valence-corrected chi connectivity index (χ0v) is 14.5. The van der Waals surface area contributed by atoms with Crippen molar-refractivity contribution in [1.82, 2.24) is 4.90 Å². The van der Waals surface area contributed by atoms with Gasteiger partial charge in [-0.2, -0.15) is 0 Å². The molecule has 0 spiro atoms. The number of rotatable bonds is 4. The second kappa shape index (κ2) is 7.99. The van der Waals surface area contributed by atoms with E-state index < -0.39 is 0 Å². The number of likely N-dealkylation sites (tertiary alicyclic amines) is 1. The lowest BCUT2D eigenvalue weighted by atomic mass is 9.96. The van der Waals surface area contributed by atoms with E-state index in [1.54, 1.807) is 41.3 Å². The number of halogens is 1.